The minimum Gasteiger partial charge on any atom is -0.496 e. The number of aromatic nitrogens is 2. The molecule has 2 aromatic rings. The highest BCUT2D eigenvalue weighted by atomic mass is 79.9. The van der Waals surface area contributed by atoms with Gasteiger partial charge in [0.15, 0.2) is 0 Å². The van der Waals surface area contributed by atoms with E-state index in [9.17, 15) is 0 Å². The zero-order chi connectivity index (χ0) is 15.2. The minimum atomic E-state index is 0.438. The zero-order valence-corrected chi connectivity index (χ0v) is 14.9. The SMILES string of the molecule is CCNCc1cnc(Oc2cc(Br)c(OC)cc2Br)cn1. The van der Waals surface area contributed by atoms with Crippen molar-refractivity contribution in [1.82, 2.24) is 15.3 Å². The fraction of sp³-hybridized carbons (Fsp3) is 0.286. The van der Waals surface area contributed by atoms with E-state index in [4.69, 9.17) is 9.47 Å². The van der Waals surface area contributed by atoms with E-state index in [-0.39, 0.29) is 0 Å². The molecule has 0 spiro atoms. The first-order chi connectivity index (χ1) is 10.1. The van der Waals surface area contributed by atoms with Gasteiger partial charge >= 0.3 is 0 Å². The highest BCUT2D eigenvalue weighted by Gasteiger charge is 2.10. The molecule has 0 bridgehead atoms. The van der Waals surface area contributed by atoms with Crippen molar-refractivity contribution in [3.05, 3.63) is 39.2 Å². The molecule has 21 heavy (non-hydrogen) atoms. The Kier molecular flexibility index (Phi) is 5.96. The Hall–Kier alpha value is -1.18. The van der Waals surface area contributed by atoms with E-state index in [0.29, 0.717) is 18.2 Å². The van der Waals surface area contributed by atoms with Gasteiger partial charge in [0.1, 0.15) is 11.5 Å². The lowest BCUT2D eigenvalue weighted by atomic mass is 10.3. The molecular weight excluding hydrogens is 402 g/mol. The van der Waals surface area contributed by atoms with Crippen molar-refractivity contribution in [2.45, 2.75) is 13.5 Å². The van der Waals surface area contributed by atoms with Crippen LogP contribution in [0.15, 0.2) is 33.5 Å². The molecule has 0 amide bonds. The molecule has 0 saturated heterocycles. The first kappa shape index (κ1) is 16.2. The summed E-state index contributed by atoms with van der Waals surface area (Å²) in [6.45, 7) is 3.64. The summed E-state index contributed by atoms with van der Waals surface area (Å²) in [6.07, 6.45) is 3.31. The van der Waals surface area contributed by atoms with Crippen molar-refractivity contribution in [3.63, 3.8) is 0 Å². The Morgan fingerprint density at radius 3 is 2.43 bits per heavy atom. The van der Waals surface area contributed by atoms with Crippen molar-refractivity contribution < 1.29 is 9.47 Å². The zero-order valence-electron chi connectivity index (χ0n) is 11.7. The van der Waals surface area contributed by atoms with Crippen LogP contribution >= 0.6 is 31.9 Å². The molecule has 112 valence electrons. The molecule has 7 heteroatoms. The first-order valence-corrected chi connectivity index (χ1v) is 7.95. The molecule has 0 atom stereocenters. The Balaban J connectivity index is 2.12. The molecule has 0 unspecified atom stereocenters. The van der Waals surface area contributed by atoms with E-state index in [1.807, 2.05) is 19.1 Å². The summed E-state index contributed by atoms with van der Waals surface area (Å²) in [5, 5.41) is 3.19. The van der Waals surface area contributed by atoms with Gasteiger partial charge in [-0.25, -0.2) is 4.98 Å². The summed E-state index contributed by atoms with van der Waals surface area (Å²) in [7, 11) is 1.61. The predicted molar refractivity (Wildman–Crippen MR) is 87.9 cm³/mol. The van der Waals surface area contributed by atoms with E-state index < -0.39 is 0 Å². The van der Waals surface area contributed by atoms with Gasteiger partial charge in [0.25, 0.3) is 0 Å². The van der Waals surface area contributed by atoms with Gasteiger partial charge in [0.2, 0.25) is 5.88 Å². The Morgan fingerprint density at radius 2 is 1.81 bits per heavy atom. The van der Waals surface area contributed by atoms with Crippen LogP contribution in [0.4, 0.5) is 0 Å². The molecule has 1 aromatic carbocycles. The van der Waals surface area contributed by atoms with Crippen molar-refractivity contribution in [2.24, 2.45) is 0 Å². The normalized spacial score (nSPS) is 10.5. The lowest BCUT2D eigenvalue weighted by Crippen LogP contribution is -2.13. The lowest BCUT2D eigenvalue weighted by Gasteiger charge is -2.10. The summed E-state index contributed by atoms with van der Waals surface area (Å²) in [5.41, 5.74) is 0.874. The monoisotopic (exact) mass is 415 g/mol. The topological polar surface area (TPSA) is 56.3 Å². The van der Waals surface area contributed by atoms with Crippen LogP contribution in [0.1, 0.15) is 12.6 Å². The van der Waals surface area contributed by atoms with Crippen LogP contribution in [0, 0.1) is 0 Å². The molecule has 1 heterocycles. The third kappa shape index (κ3) is 4.39. The average Bonchev–Trinajstić information content (AvgIpc) is 2.50. The van der Waals surface area contributed by atoms with Gasteiger partial charge in [-0.3, -0.25) is 4.98 Å². The molecule has 5 nitrogen and oxygen atoms in total. The maximum absolute atomic E-state index is 5.72. The number of benzene rings is 1. The van der Waals surface area contributed by atoms with Gasteiger partial charge in [-0.05, 0) is 50.5 Å². The van der Waals surface area contributed by atoms with Gasteiger partial charge in [0.05, 0.1) is 34.1 Å². The van der Waals surface area contributed by atoms with E-state index in [1.165, 1.54) is 0 Å². The molecule has 1 aromatic heterocycles. The van der Waals surface area contributed by atoms with Crippen LogP contribution in [-0.4, -0.2) is 23.6 Å². The number of nitrogens with zero attached hydrogens (tertiary/aromatic N) is 2. The van der Waals surface area contributed by atoms with Crippen molar-refractivity contribution in [3.8, 4) is 17.4 Å². The molecule has 0 fully saturated rings. The summed E-state index contributed by atoms with van der Waals surface area (Å²) in [6, 6.07) is 3.64. The van der Waals surface area contributed by atoms with E-state index >= 15 is 0 Å². The van der Waals surface area contributed by atoms with Crippen molar-refractivity contribution >= 4 is 31.9 Å². The van der Waals surface area contributed by atoms with Crippen LogP contribution in [0.25, 0.3) is 0 Å². The standard InChI is InChI=1S/C14H15Br2N3O2/c1-3-17-6-9-7-19-14(8-18-9)21-13-5-10(15)12(20-2)4-11(13)16/h4-5,7-8,17H,3,6H2,1-2H3. The largest absolute Gasteiger partial charge is 0.496 e. The van der Waals surface area contributed by atoms with Gasteiger partial charge in [-0.15, -0.1) is 0 Å². The Morgan fingerprint density at radius 1 is 1.10 bits per heavy atom. The maximum atomic E-state index is 5.72. The van der Waals surface area contributed by atoms with Crippen LogP contribution in [0.5, 0.6) is 17.4 Å². The van der Waals surface area contributed by atoms with Crippen LogP contribution in [-0.2, 0) is 6.54 Å². The molecular formula is C14H15Br2N3O2. The van der Waals surface area contributed by atoms with Crippen LogP contribution in [0.3, 0.4) is 0 Å². The molecule has 0 aliphatic carbocycles. The van der Waals surface area contributed by atoms with Gasteiger partial charge in [-0.1, -0.05) is 6.92 Å². The Bertz CT molecular complexity index is 606. The number of rotatable bonds is 6. The molecule has 1 N–H and O–H groups in total. The van der Waals surface area contributed by atoms with E-state index in [0.717, 1.165) is 26.9 Å². The molecule has 2 rings (SSSR count). The summed E-state index contributed by atoms with van der Waals surface area (Å²) in [5.74, 6) is 1.80. The highest BCUT2D eigenvalue weighted by Crippen LogP contribution is 2.37. The second-order valence-electron chi connectivity index (χ2n) is 4.15. The number of halogens is 2. The van der Waals surface area contributed by atoms with E-state index in [2.05, 4.69) is 47.1 Å². The number of methoxy groups -OCH3 is 1. The highest BCUT2D eigenvalue weighted by molar-refractivity contribution is 9.11. The third-order valence-corrected chi connectivity index (χ3v) is 3.90. The smallest absolute Gasteiger partial charge is 0.237 e. The second-order valence-corrected chi connectivity index (χ2v) is 5.85. The fourth-order valence-electron chi connectivity index (χ4n) is 1.60. The number of hydrogen-bond donors (Lipinski definition) is 1. The van der Waals surface area contributed by atoms with Gasteiger partial charge < -0.3 is 14.8 Å². The Labute approximate surface area is 140 Å². The van der Waals surface area contributed by atoms with Crippen LogP contribution in [0.2, 0.25) is 0 Å². The number of nitrogens with one attached hydrogen (secondary N) is 1. The molecule has 0 aliphatic rings. The third-order valence-electron chi connectivity index (χ3n) is 2.66. The maximum Gasteiger partial charge on any atom is 0.237 e. The van der Waals surface area contributed by atoms with E-state index in [1.54, 1.807) is 19.5 Å². The number of hydrogen-bond acceptors (Lipinski definition) is 5. The molecule has 0 aliphatic heterocycles. The predicted octanol–water partition coefficient (Wildman–Crippen LogP) is 3.91. The quantitative estimate of drug-likeness (QED) is 0.773. The summed E-state index contributed by atoms with van der Waals surface area (Å²) in [4.78, 5) is 8.54. The molecule has 0 radical (unpaired) electrons. The summed E-state index contributed by atoms with van der Waals surface area (Å²) >= 11 is 6.87. The summed E-state index contributed by atoms with van der Waals surface area (Å²) < 4.78 is 12.5. The van der Waals surface area contributed by atoms with Crippen molar-refractivity contribution in [2.75, 3.05) is 13.7 Å². The van der Waals surface area contributed by atoms with Crippen LogP contribution < -0.4 is 14.8 Å². The molecule has 0 saturated carbocycles. The lowest BCUT2D eigenvalue weighted by molar-refractivity contribution is 0.408. The minimum absolute atomic E-state index is 0.438. The van der Waals surface area contributed by atoms with Gasteiger partial charge in [-0.2, -0.15) is 0 Å². The van der Waals surface area contributed by atoms with Crippen molar-refractivity contribution in [1.29, 1.82) is 0 Å². The number of ether oxygens (including phenoxy) is 2. The first-order valence-electron chi connectivity index (χ1n) is 6.36. The fourth-order valence-corrected chi connectivity index (χ4v) is 2.49. The second kappa shape index (κ2) is 7.72. The van der Waals surface area contributed by atoms with Gasteiger partial charge in [0, 0.05) is 6.54 Å². The average molecular weight is 417 g/mol.